The standard InChI is InChI=1S/C23H24N4O4S/c28-23(19-10-13-27(14-11-19)32(29,30)21-7-4-12-24-16-21)26-20-8-9-22(25-15-20)31-17-18-5-2-1-3-6-18/h1-9,12,15-16,19H,10-11,13-14,17H2,(H,26,28). The van der Waals surface area contributed by atoms with Gasteiger partial charge in [0.1, 0.15) is 11.5 Å². The van der Waals surface area contributed by atoms with Gasteiger partial charge in [0.25, 0.3) is 0 Å². The van der Waals surface area contributed by atoms with Gasteiger partial charge in [0.05, 0.1) is 11.9 Å². The molecule has 3 aromatic rings. The first-order chi connectivity index (χ1) is 15.5. The van der Waals surface area contributed by atoms with Crippen molar-refractivity contribution in [1.82, 2.24) is 14.3 Å². The van der Waals surface area contributed by atoms with Crippen LogP contribution in [-0.2, 0) is 21.4 Å². The molecule has 0 atom stereocenters. The third kappa shape index (κ3) is 5.30. The van der Waals surface area contributed by atoms with E-state index in [0.717, 1.165) is 5.56 Å². The van der Waals surface area contributed by atoms with Gasteiger partial charge in [-0.15, -0.1) is 0 Å². The Morgan fingerprint density at radius 3 is 2.47 bits per heavy atom. The number of aromatic nitrogens is 2. The van der Waals surface area contributed by atoms with Crippen LogP contribution >= 0.6 is 0 Å². The number of anilines is 1. The van der Waals surface area contributed by atoms with Crippen LogP contribution in [0.4, 0.5) is 5.69 Å². The van der Waals surface area contributed by atoms with Crippen LogP contribution in [0.2, 0.25) is 0 Å². The van der Waals surface area contributed by atoms with E-state index in [1.807, 2.05) is 30.3 Å². The first-order valence-electron chi connectivity index (χ1n) is 10.4. The molecule has 3 heterocycles. The molecular formula is C23H24N4O4S. The van der Waals surface area contributed by atoms with Crippen LogP contribution in [0.25, 0.3) is 0 Å². The summed E-state index contributed by atoms with van der Waals surface area (Å²) in [6, 6.07) is 16.4. The molecule has 166 valence electrons. The summed E-state index contributed by atoms with van der Waals surface area (Å²) in [7, 11) is -3.59. The first-order valence-corrected chi connectivity index (χ1v) is 11.8. The number of amides is 1. The lowest BCUT2D eigenvalue weighted by atomic mass is 9.97. The molecule has 9 heteroatoms. The van der Waals surface area contributed by atoms with Gasteiger partial charge in [-0.3, -0.25) is 9.78 Å². The summed E-state index contributed by atoms with van der Waals surface area (Å²) in [6.45, 7) is 1.000. The number of nitrogens with one attached hydrogen (secondary N) is 1. The molecule has 1 fully saturated rings. The summed E-state index contributed by atoms with van der Waals surface area (Å²) in [5.74, 6) is 0.0771. The van der Waals surface area contributed by atoms with Gasteiger partial charge in [0.2, 0.25) is 21.8 Å². The molecule has 0 saturated carbocycles. The summed E-state index contributed by atoms with van der Waals surface area (Å²) in [4.78, 5) is 20.9. The number of hydrogen-bond acceptors (Lipinski definition) is 6. The van der Waals surface area contributed by atoms with Crippen molar-refractivity contribution in [1.29, 1.82) is 0 Å². The minimum Gasteiger partial charge on any atom is -0.473 e. The molecule has 1 N–H and O–H groups in total. The van der Waals surface area contributed by atoms with E-state index in [2.05, 4.69) is 15.3 Å². The van der Waals surface area contributed by atoms with Gasteiger partial charge in [-0.05, 0) is 36.6 Å². The normalized spacial score (nSPS) is 15.2. The Morgan fingerprint density at radius 1 is 1.03 bits per heavy atom. The first kappa shape index (κ1) is 21.9. The predicted octanol–water partition coefficient (Wildman–Crippen LogP) is 3.10. The maximum atomic E-state index is 12.7. The van der Waals surface area contributed by atoms with Crippen LogP contribution in [0, 0.1) is 5.92 Å². The molecule has 1 aromatic carbocycles. The van der Waals surface area contributed by atoms with Crippen molar-refractivity contribution in [3.05, 3.63) is 78.8 Å². The van der Waals surface area contributed by atoms with E-state index >= 15 is 0 Å². The number of rotatable bonds is 7. The summed E-state index contributed by atoms with van der Waals surface area (Å²) in [6.07, 6.45) is 5.34. The van der Waals surface area contributed by atoms with Gasteiger partial charge in [0, 0.05) is 37.5 Å². The van der Waals surface area contributed by atoms with E-state index in [9.17, 15) is 13.2 Å². The van der Waals surface area contributed by atoms with Crippen molar-refractivity contribution in [2.24, 2.45) is 5.92 Å². The Balaban J connectivity index is 1.27. The van der Waals surface area contributed by atoms with Gasteiger partial charge >= 0.3 is 0 Å². The van der Waals surface area contributed by atoms with E-state index in [1.54, 1.807) is 24.4 Å². The summed E-state index contributed by atoms with van der Waals surface area (Å²) in [5, 5.41) is 2.86. The van der Waals surface area contributed by atoms with Gasteiger partial charge in [-0.25, -0.2) is 13.4 Å². The average Bonchev–Trinajstić information content (AvgIpc) is 2.85. The molecule has 8 nitrogen and oxygen atoms in total. The highest BCUT2D eigenvalue weighted by Gasteiger charge is 2.32. The van der Waals surface area contributed by atoms with E-state index in [0.29, 0.717) is 44.1 Å². The highest BCUT2D eigenvalue weighted by Crippen LogP contribution is 2.24. The van der Waals surface area contributed by atoms with E-state index in [1.165, 1.54) is 22.8 Å². The lowest BCUT2D eigenvalue weighted by Crippen LogP contribution is -2.41. The zero-order valence-electron chi connectivity index (χ0n) is 17.4. The second kappa shape index (κ2) is 9.88. The Bertz CT molecular complexity index is 1130. The molecule has 1 aliphatic heterocycles. The quantitative estimate of drug-likeness (QED) is 0.591. The lowest BCUT2D eigenvalue weighted by Gasteiger charge is -2.30. The van der Waals surface area contributed by atoms with Gasteiger partial charge in [-0.1, -0.05) is 30.3 Å². The SMILES string of the molecule is O=C(Nc1ccc(OCc2ccccc2)nc1)C1CCN(S(=O)(=O)c2cccnc2)CC1. The van der Waals surface area contributed by atoms with Crippen LogP contribution in [0.15, 0.2) is 78.1 Å². The fourth-order valence-electron chi connectivity index (χ4n) is 3.52. The number of hydrogen-bond donors (Lipinski definition) is 1. The maximum Gasteiger partial charge on any atom is 0.244 e. The highest BCUT2D eigenvalue weighted by atomic mass is 32.2. The van der Waals surface area contributed by atoms with Crippen molar-refractivity contribution >= 4 is 21.6 Å². The highest BCUT2D eigenvalue weighted by molar-refractivity contribution is 7.89. The second-order valence-electron chi connectivity index (χ2n) is 7.52. The van der Waals surface area contributed by atoms with Crippen LogP contribution in [0.5, 0.6) is 5.88 Å². The van der Waals surface area contributed by atoms with Crippen molar-refractivity contribution in [2.75, 3.05) is 18.4 Å². The number of benzene rings is 1. The molecule has 0 unspecified atom stereocenters. The third-order valence-corrected chi connectivity index (χ3v) is 7.21. The van der Waals surface area contributed by atoms with Crippen LogP contribution in [0.3, 0.4) is 0 Å². The van der Waals surface area contributed by atoms with E-state index in [-0.39, 0.29) is 16.7 Å². The molecule has 1 aliphatic rings. The largest absolute Gasteiger partial charge is 0.473 e. The van der Waals surface area contributed by atoms with Crippen molar-refractivity contribution < 1.29 is 17.9 Å². The second-order valence-corrected chi connectivity index (χ2v) is 9.45. The average molecular weight is 453 g/mol. The Kier molecular flexibility index (Phi) is 6.77. The minimum atomic E-state index is -3.59. The van der Waals surface area contributed by atoms with Crippen LogP contribution < -0.4 is 10.1 Å². The Hall–Kier alpha value is -3.30. The fraction of sp³-hybridized carbons (Fsp3) is 0.261. The molecule has 32 heavy (non-hydrogen) atoms. The summed E-state index contributed by atoms with van der Waals surface area (Å²) >= 11 is 0. The topological polar surface area (TPSA) is 101 Å². The number of nitrogens with zero attached hydrogens (tertiary/aromatic N) is 3. The maximum absolute atomic E-state index is 12.7. The van der Waals surface area contributed by atoms with Crippen LogP contribution in [0.1, 0.15) is 18.4 Å². The molecule has 0 aliphatic carbocycles. The van der Waals surface area contributed by atoms with E-state index in [4.69, 9.17) is 4.74 Å². The number of carbonyl (C=O) groups is 1. The Labute approximate surface area is 187 Å². The van der Waals surface area contributed by atoms with E-state index < -0.39 is 10.0 Å². The lowest BCUT2D eigenvalue weighted by molar-refractivity contribution is -0.120. The number of carbonyl (C=O) groups excluding carboxylic acids is 1. The molecule has 0 radical (unpaired) electrons. The fourth-order valence-corrected chi connectivity index (χ4v) is 4.96. The molecular weight excluding hydrogens is 428 g/mol. The van der Waals surface area contributed by atoms with Crippen molar-refractivity contribution in [3.8, 4) is 5.88 Å². The molecule has 1 saturated heterocycles. The number of ether oxygens (including phenoxy) is 1. The van der Waals surface area contributed by atoms with Crippen molar-refractivity contribution in [3.63, 3.8) is 0 Å². The summed E-state index contributed by atoms with van der Waals surface area (Å²) in [5.41, 5.74) is 1.62. The number of pyridine rings is 2. The predicted molar refractivity (Wildman–Crippen MR) is 119 cm³/mol. The molecule has 0 bridgehead atoms. The zero-order valence-corrected chi connectivity index (χ0v) is 18.2. The Morgan fingerprint density at radius 2 is 1.81 bits per heavy atom. The van der Waals surface area contributed by atoms with Crippen molar-refractivity contribution in [2.45, 2.75) is 24.3 Å². The van der Waals surface area contributed by atoms with Gasteiger partial charge in [-0.2, -0.15) is 4.31 Å². The smallest absolute Gasteiger partial charge is 0.244 e. The third-order valence-electron chi connectivity index (χ3n) is 5.33. The number of sulfonamides is 1. The van der Waals surface area contributed by atoms with Gasteiger partial charge < -0.3 is 10.1 Å². The number of piperidine rings is 1. The minimum absolute atomic E-state index is 0.136. The molecule has 0 spiro atoms. The van der Waals surface area contributed by atoms with Gasteiger partial charge in [0.15, 0.2) is 0 Å². The molecule has 4 rings (SSSR count). The zero-order chi connectivity index (χ0) is 22.4. The molecule has 2 aromatic heterocycles. The summed E-state index contributed by atoms with van der Waals surface area (Å²) < 4.78 is 32.5. The molecule has 1 amide bonds. The monoisotopic (exact) mass is 452 g/mol. The van der Waals surface area contributed by atoms with Crippen LogP contribution in [-0.4, -0.2) is 41.7 Å².